The molecule has 0 spiro atoms. The van der Waals surface area contributed by atoms with Crippen LogP contribution in [0.25, 0.3) is 0 Å². The number of hydrogen-bond donors (Lipinski definition) is 1. The molecule has 1 aliphatic carbocycles. The average molecular weight is 359 g/mol. The standard InChI is InChI=1S/C20H25NO3S/c1-16-11-13-18(14-12-16)25(22,23)21-19-10-6-7-15-20(19,2)24-17-8-4-3-5-9-17/h3-5,8-9,11-14,19,21H,6-7,10,15H2,1-2H3/t19-,20-/m0/s1. The Morgan fingerprint density at radius 2 is 1.72 bits per heavy atom. The number of sulfonamides is 1. The molecule has 2 aromatic carbocycles. The van der Waals surface area contributed by atoms with Gasteiger partial charge in [-0.05, 0) is 57.4 Å². The van der Waals surface area contributed by atoms with Gasteiger partial charge in [-0.25, -0.2) is 13.1 Å². The van der Waals surface area contributed by atoms with Gasteiger partial charge in [0, 0.05) is 0 Å². The van der Waals surface area contributed by atoms with Crippen molar-refractivity contribution in [2.24, 2.45) is 0 Å². The molecule has 0 amide bonds. The highest BCUT2D eigenvalue weighted by atomic mass is 32.2. The zero-order chi connectivity index (χ0) is 17.9. The fraction of sp³-hybridized carbons (Fsp3) is 0.400. The molecule has 134 valence electrons. The predicted octanol–water partition coefficient (Wildman–Crippen LogP) is 4.05. The van der Waals surface area contributed by atoms with E-state index in [-0.39, 0.29) is 6.04 Å². The molecule has 0 saturated heterocycles. The van der Waals surface area contributed by atoms with Crippen LogP contribution in [-0.4, -0.2) is 20.1 Å². The van der Waals surface area contributed by atoms with E-state index < -0.39 is 15.6 Å². The Morgan fingerprint density at radius 3 is 2.40 bits per heavy atom. The lowest BCUT2D eigenvalue weighted by Gasteiger charge is -2.41. The molecular weight excluding hydrogens is 334 g/mol. The van der Waals surface area contributed by atoms with Crippen LogP contribution in [-0.2, 0) is 10.0 Å². The first-order valence-corrected chi connectivity index (χ1v) is 10.2. The van der Waals surface area contributed by atoms with Gasteiger partial charge in [-0.15, -0.1) is 0 Å². The van der Waals surface area contributed by atoms with Crippen molar-refractivity contribution in [3.63, 3.8) is 0 Å². The van der Waals surface area contributed by atoms with Crippen LogP contribution in [0.5, 0.6) is 5.75 Å². The first kappa shape index (κ1) is 18.0. The highest BCUT2D eigenvalue weighted by molar-refractivity contribution is 7.89. The van der Waals surface area contributed by atoms with Gasteiger partial charge in [0.25, 0.3) is 0 Å². The highest BCUT2D eigenvalue weighted by Gasteiger charge is 2.41. The summed E-state index contributed by atoms with van der Waals surface area (Å²) in [6.07, 6.45) is 3.62. The summed E-state index contributed by atoms with van der Waals surface area (Å²) < 4.78 is 34.7. The van der Waals surface area contributed by atoms with E-state index in [9.17, 15) is 8.42 Å². The molecule has 25 heavy (non-hydrogen) atoms. The van der Waals surface area contributed by atoms with Crippen molar-refractivity contribution in [2.75, 3.05) is 0 Å². The Balaban J connectivity index is 1.82. The van der Waals surface area contributed by atoms with Crippen LogP contribution in [0.15, 0.2) is 59.5 Å². The van der Waals surface area contributed by atoms with E-state index in [2.05, 4.69) is 4.72 Å². The first-order valence-electron chi connectivity index (χ1n) is 8.72. The summed E-state index contributed by atoms with van der Waals surface area (Å²) in [4.78, 5) is 0.297. The second kappa shape index (κ2) is 7.18. The van der Waals surface area contributed by atoms with Gasteiger partial charge in [0.2, 0.25) is 10.0 Å². The van der Waals surface area contributed by atoms with Crippen LogP contribution in [0, 0.1) is 6.92 Å². The van der Waals surface area contributed by atoms with Crippen molar-refractivity contribution in [1.29, 1.82) is 0 Å². The molecule has 1 fully saturated rings. The van der Waals surface area contributed by atoms with Gasteiger partial charge in [0.15, 0.2) is 0 Å². The molecule has 0 radical (unpaired) electrons. The molecule has 5 heteroatoms. The van der Waals surface area contributed by atoms with Crippen LogP contribution < -0.4 is 9.46 Å². The molecule has 4 nitrogen and oxygen atoms in total. The summed E-state index contributed by atoms with van der Waals surface area (Å²) in [5.41, 5.74) is 0.478. The van der Waals surface area contributed by atoms with E-state index in [0.717, 1.165) is 37.0 Å². The lowest BCUT2D eigenvalue weighted by atomic mass is 9.82. The number of nitrogens with one attached hydrogen (secondary N) is 1. The van der Waals surface area contributed by atoms with Crippen molar-refractivity contribution in [3.8, 4) is 5.75 Å². The van der Waals surface area contributed by atoms with Gasteiger partial charge in [-0.2, -0.15) is 0 Å². The Bertz CT molecular complexity index is 803. The molecule has 0 unspecified atom stereocenters. The quantitative estimate of drug-likeness (QED) is 0.876. The molecule has 1 N–H and O–H groups in total. The summed E-state index contributed by atoms with van der Waals surface area (Å²) in [5, 5.41) is 0. The summed E-state index contributed by atoms with van der Waals surface area (Å²) in [7, 11) is -3.57. The van der Waals surface area contributed by atoms with Crippen molar-refractivity contribution >= 4 is 10.0 Å². The minimum absolute atomic E-state index is 0.257. The van der Waals surface area contributed by atoms with Crippen LogP contribution in [0.3, 0.4) is 0 Å². The van der Waals surface area contributed by atoms with Gasteiger partial charge in [-0.3, -0.25) is 0 Å². The maximum atomic E-state index is 12.8. The van der Waals surface area contributed by atoms with Gasteiger partial charge >= 0.3 is 0 Å². The lowest BCUT2D eigenvalue weighted by Crippen LogP contribution is -2.55. The molecule has 0 bridgehead atoms. The van der Waals surface area contributed by atoms with E-state index in [4.69, 9.17) is 4.74 Å². The van der Waals surface area contributed by atoms with Crippen molar-refractivity contribution in [2.45, 2.75) is 56.1 Å². The molecule has 0 aromatic heterocycles. The normalized spacial score (nSPS) is 24.0. The third-order valence-electron chi connectivity index (χ3n) is 4.88. The SMILES string of the molecule is Cc1ccc(S(=O)(=O)N[C@H]2CCCC[C@]2(C)Oc2ccccc2)cc1. The number of benzene rings is 2. The number of ether oxygens (including phenoxy) is 1. The van der Waals surface area contributed by atoms with Gasteiger partial charge in [0.05, 0.1) is 10.9 Å². The van der Waals surface area contributed by atoms with E-state index in [1.54, 1.807) is 12.1 Å². The zero-order valence-corrected chi connectivity index (χ0v) is 15.6. The van der Waals surface area contributed by atoms with E-state index in [0.29, 0.717) is 4.90 Å². The van der Waals surface area contributed by atoms with E-state index in [1.807, 2.05) is 56.3 Å². The molecule has 2 atom stereocenters. The largest absolute Gasteiger partial charge is 0.486 e. The zero-order valence-electron chi connectivity index (χ0n) is 14.7. The molecular formula is C20H25NO3S. The molecule has 0 aliphatic heterocycles. The molecule has 1 aliphatic rings. The third kappa shape index (κ3) is 4.22. The second-order valence-corrected chi connectivity index (χ2v) is 8.67. The average Bonchev–Trinajstić information content (AvgIpc) is 2.58. The van der Waals surface area contributed by atoms with Crippen LogP contribution in [0.2, 0.25) is 0 Å². The summed E-state index contributed by atoms with van der Waals surface area (Å²) >= 11 is 0. The maximum absolute atomic E-state index is 12.8. The van der Waals surface area contributed by atoms with E-state index in [1.165, 1.54) is 0 Å². The Morgan fingerprint density at radius 1 is 1.04 bits per heavy atom. The first-order chi connectivity index (χ1) is 11.9. The van der Waals surface area contributed by atoms with Crippen LogP contribution >= 0.6 is 0 Å². The number of hydrogen-bond acceptors (Lipinski definition) is 3. The van der Waals surface area contributed by atoms with Gasteiger partial charge in [-0.1, -0.05) is 42.3 Å². The van der Waals surface area contributed by atoms with Crippen molar-refractivity contribution < 1.29 is 13.2 Å². The topological polar surface area (TPSA) is 55.4 Å². The van der Waals surface area contributed by atoms with Gasteiger partial charge < -0.3 is 4.74 Å². The molecule has 0 heterocycles. The minimum Gasteiger partial charge on any atom is -0.486 e. The predicted molar refractivity (Wildman–Crippen MR) is 99.2 cm³/mol. The molecule has 2 aromatic rings. The Hall–Kier alpha value is -1.85. The Kier molecular flexibility index (Phi) is 5.16. The highest BCUT2D eigenvalue weighted by Crippen LogP contribution is 2.34. The molecule has 3 rings (SSSR count). The van der Waals surface area contributed by atoms with Crippen LogP contribution in [0.1, 0.15) is 38.2 Å². The summed E-state index contributed by atoms with van der Waals surface area (Å²) in [5.74, 6) is 0.770. The fourth-order valence-corrected chi connectivity index (χ4v) is 4.71. The third-order valence-corrected chi connectivity index (χ3v) is 6.36. The molecule has 1 saturated carbocycles. The number of rotatable bonds is 5. The van der Waals surface area contributed by atoms with Crippen molar-refractivity contribution in [1.82, 2.24) is 4.72 Å². The fourth-order valence-electron chi connectivity index (χ4n) is 3.34. The number of para-hydroxylation sites is 1. The van der Waals surface area contributed by atoms with Gasteiger partial charge in [0.1, 0.15) is 11.4 Å². The van der Waals surface area contributed by atoms with Crippen LogP contribution in [0.4, 0.5) is 0 Å². The lowest BCUT2D eigenvalue weighted by molar-refractivity contribution is 0.0227. The summed E-state index contributed by atoms with van der Waals surface area (Å²) in [6, 6.07) is 16.3. The number of aryl methyl sites for hydroxylation is 1. The van der Waals surface area contributed by atoms with E-state index >= 15 is 0 Å². The Labute approximate surface area is 150 Å². The minimum atomic E-state index is -3.57. The second-order valence-electron chi connectivity index (χ2n) is 6.96. The van der Waals surface area contributed by atoms with Crippen molar-refractivity contribution in [3.05, 3.63) is 60.2 Å². The smallest absolute Gasteiger partial charge is 0.240 e. The monoisotopic (exact) mass is 359 g/mol. The maximum Gasteiger partial charge on any atom is 0.240 e. The summed E-state index contributed by atoms with van der Waals surface area (Å²) in [6.45, 7) is 3.94.